The molecule has 1 aliphatic rings. The van der Waals surface area contributed by atoms with E-state index in [1.807, 2.05) is 13.8 Å². The van der Waals surface area contributed by atoms with Crippen molar-refractivity contribution in [3.63, 3.8) is 0 Å². The molecule has 0 atom stereocenters. The molecule has 3 amide bonds. The summed E-state index contributed by atoms with van der Waals surface area (Å²) in [4.78, 5) is 38.3. The quantitative estimate of drug-likeness (QED) is 0.870. The molecule has 1 heterocycles. The number of hydrogen-bond donors (Lipinski definition) is 1. The second-order valence-electron chi connectivity index (χ2n) is 5.79. The largest absolute Gasteiger partial charge is 0.350 e. The van der Waals surface area contributed by atoms with Crippen LogP contribution >= 0.6 is 11.6 Å². The summed E-state index contributed by atoms with van der Waals surface area (Å²) in [5, 5.41) is 2.99. The van der Waals surface area contributed by atoms with Crippen LogP contribution in [0.1, 0.15) is 44.9 Å². The first-order chi connectivity index (χ1) is 11.4. The number of carbonyl (C=O) groups is 3. The zero-order valence-corrected chi connectivity index (χ0v) is 13.9. The van der Waals surface area contributed by atoms with Crippen LogP contribution < -0.4 is 10.2 Å². The van der Waals surface area contributed by atoms with Crippen LogP contribution in [0.5, 0.6) is 0 Å². The van der Waals surface area contributed by atoms with Gasteiger partial charge in [0.05, 0.1) is 21.8 Å². The molecule has 0 fully saturated rings. The fraction of sp³-hybridized carbons (Fsp3) is 0.167. The molecule has 0 spiro atoms. The van der Waals surface area contributed by atoms with Crippen LogP contribution in [-0.2, 0) is 0 Å². The van der Waals surface area contributed by atoms with E-state index >= 15 is 0 Å². The van der Waals surface area contributed by atoms with Gasteiger partial charge in [-0.2, -0.15) is 0 Å². The monoisotopic (exact) mass is 342 g/mol. The Morgan fingerprint density at radius 3 is 2.17 bits per heavy atom. The average Bonchev–Trinajstić information content (AvgIpc) is 2.79. The molecule has 0 saturated carbocycles. The molecule has 3 rings (SSSR count). The zero-order chi connectivity index (χ0) is 17.4. The van der Waals surface area contributed by atoms with Gasteiger partial charge in [0.2, 0.25) is 0 Å². The first-order valence-electron chi connectivity index (χ1n) is 7.48. The Morgan fingerprint density at radius 2 is 1.62 bits per heavy atom. The smallest absolute Gasteiger partial charge is 0.266 e. The van der Waals surface area contributed by atoms with Crippen molar-refractivity contribution in [3.8, 4) is 0 Å². The Bertz CT molecular complexity index is 826. The molecule has 5 nitrogen and oxygen atoms in total. The summed E-state index contributed by atoms with van der Waals surface area (Å²) in [6.45, 7) is 3.69. The molecule has 0 radical (unpaired) electrons. The highest BCUT2D eigenvalue weighted by Gasteiger charge is 2.37. The van der Waals surface area contributed by atoms with E-state index in [1.54, 1.807) is 30.3 Å². The first kappa shape index (κ1) is 16.2. The fourth-order valence-electron chi connectivity index (χ4n) is 2.58. The Labute approximate surface area is 144 Å². The molecular formula is C18H15ClN2O3. The number of rotatable bonds is 3. The van der Waals surface area contributed by atoms with Crippen molar-refractivity contribution >= 4 is 35.0 Å². The molecule has 0 bridgehead atoms. The van der Waals surface area contributed by atoms with Gasteiger partial charge < -0.3 is 5.32 Å². The van der Waals surface area contributed by atoms with Crippen LogP contribution in [0.15, 0.2) is 42.5 Å². The number of benzene rings is 2. The summed E-state index contributed by atoms with van der Waals surface area (Å²) in [5.74, 6) is -1.18. The van der Waals surface area contributed by atoms with Gasteiger partial charge in [0.1, 0.15) is 0 Å². The van der Waals surface area contributed by atoms with Crippen LogP contribution in [0.25, 0.3) is 0 Å². The minimum absolute atomic E-state index is 0.0315. The van der Waals surface area contributed by atoms with Gasteiger partial charge in [-0.05, 0) is 44.2 Å². The summed E-state index contributed by atoms with van der Waals surface area (Å²) in [6, 6.07) is 11.1. The topological polar surface area (TPSA) is 66.5 Å². The second kappa shape index (κ2) is 6.09. The molecule has 1 aliphatic heterocycles. The van der Waals surface area contributed by atoms with Crippen molar-refractivity contribution in [2.45, 2.75) is 19.9 Å². The summed E-state index contributed by atoms with van der Waals surface area (Å²) in [5.41, 5.74) is 1.20. The number of hydrogen-bond acceptors (Lipinski definition) is 3. The Hall–Kier alpha value is -2.66. The minimum atomic E-state index is -0.445. The predicted molar refractivity (Wildman–Crippen MR) is 91.6 cm³/mol. The summed E-state index contributed by atoms with van der Waals surface area (Å²) in [6.07, 6.45) is 0. The third-order valence-electron chi connectivity index (χ3n) is 3.66. The van der Waals surface area contributed by atoms with E-state index in [-0.39, 0.29) is 22.7 Å². The molecule has 0 aliphatic carbocycles. The van der Waals surface area contributed by atoms with Crippen molar-refractivity contribution in [2.75, 3.05) is 4.90 Å². The van der Waals surface area contributed by atoms with E-state index < -0.39 is 11.8 Å². The van der Waals surface area contributed by atoms with Crippen molar-refractivity contribution in [1.29, 1.82) is 0 Å². The zero-order valence-electron chi connectivity index (χ0n) is 13.2. The lowest BCUT2D eigenvalue weighted by molar-refractivity contribution is 0.0917. The number of imide groups is 1. The number of fused-ring (bicyclic) bond motifs is 1. The molecule has 0 unspecified atom stereocenters. The van der Waals surface area contributed by atoms with E-state index in [9.17, 15) is 14.4 Å². The maximum atomic E-state index is 12.6. The lowest BCUT2D eigenvalue weighted by Crippen LogP contribution is -2.32. The number of halogens is 1. The Morgan fingerprint density at radius 1 is 1.04 bits per heavy atom. The predicted octanol–water partition coefficient (Wildman–Crippen LogP) is 3.28. The van der Waals surface area contributed by atoms with Gasteiger partial charge in [0.25, 0.3) is 17.7 Å². The van der Waals surface area contributed by atoms with Crippen LogP contribution in [0.4, 0.5) is 5.69 Å². The van der Waals surface area contributed by atoms with Crippen LogP contribution in [0, 0.1) is 0 Å². The molecular weight excluding hydrogens is 328 g/mol. The number of nitrogens with one attached hydrogen (secondary N) is 1. The van der Waals surface area contributed by atoms with Crippen molar-refractivity contribution in [3.05, 3.63) is 64.2 Å². The highest BCUT2D eigenvalue weighted by atomic mass is 35.5. The minimum Gasteiger partial charge on any atom is -0.350 e. The maximum Gasteiger partial charge on any atom is 0.266 e. The molecule has 6 heteroatoms. The molecule has 24 heavy (non-hydrogen) atoms. The molecule has 122 valence electrons. The average molecular weight is 343 g/mol. The van der Waals surface area contributed by atoms with Gasteiger partial charge in [-0.25, -0.2) is 4.90 Å². The van der Waals surface area contributed by atoms with Crippen LogP contribution in [-0.4, -0.2) is 23.8 Å². The number of anilines is 1. The van der Waals surface area contributed by atoms with E-state index in [0.29, 0.717) is 16.7 Å². The third-order valence-corrected chi connectivity index (χ3v) is 3.98. The van der Waals surface area contributed by atoms with Gasteiger partial charge in [-0.1, -0.05) is 23.7 Å². The van der Waals surface area contributed by atoms with Gasteiger partial charge in [0.15, 0.2) is 0 Å². The van der Waals surface area contributed by atoms with E-state index in [0.717, 1.165) is 4.90 Å². The maximum absolute atomic E-state index is 12.6. The fourth-order valence-corrected chi connectivity index (χ4v) is 2.78. The first-order valence-corrected chi connectivity index (χ1v) is 7.86. The highest BCUT2D eigenvalue weighted by Crippen LogP contribution is 2.33. The van der Waals surface area contributed by atoms with Gasteiger partial charge >= 0.3 is 0 Å². The number of amides is 3. The highest BCUT2D eigenvalue weighted by molar-refractivity contribution is 6.40. The summed E-state index contributed by atoms with van der Waals surface area (Å²) < 4.78 is 0. The Balaban J connectivity index is 2.03. The third kappa shape index (κ3) is 2.67. The van der Waals surface area contributed by atoms with E-state index in [1.165, 1.54) is 12.1 Å². The van der Waals surface area contributed by atoms with Gasteiger partial charge in [-0.15, -0.1) is 0 Å². The molecule has 0 aromatic heterocycles. The van der Waals surface area contributed by atoms with Crippen molar-refractivity contribution < 1.29 is 14.4 Å². The summed E-state index contributed by atoms with van der Waals surface area (Å²) in [7, 11) is 0. The molecule has 1 N–H and O–H groups in total. The lowest BCUT2D eigenvalue weighted by atomic mass is 10.1. The van der Waals surface area contributed by atoms with Crippen LogP contribution in [0.2, 0.25) is 5.02 Å². The number of nitrogens with zero attached hydrogens (tertiary/aromatic N) is 1. The molecule has 0 saturated heterocycles. The molecule has 2 aromatic rings. The summed E-state index contributed by atoms with van der Waals surface area (Å²) >= 11 is 6.18. The second-order valence-corrected chi connectivity index (χ2v) is 6.19. The van der Waals surface area contributed by atoms with Crippen molar-refractivity contribution in [2.24, 2.45) is 0 Å². The van der Waals surface area contributed by atoms with E-state index in [2.05, 4.69) is 5.32 Å². The Kier molecular flexibility index (Phi) is 4.11. The molecule has 2 aromatic carbocycles. The van der Waals surface area contributed by atoms with E-state index in [4.69, 9.17) is 11.6 Å². The van der Waals surface area contributed by atoms with Gasteiger partial charge in [0, 0.05) is 11.6 Å². The van der Waals surface area contributed by atoms with Crippen LogP contribution in [0.3, 0.4) is 0 Å². The van der Waals surface area contributed by atoms with Gasteiger partial charge in [-0.3, -0.25) is 14.4 Å². The normalized spacial score (nSPS) is 13.4. The SMILES string of the molecule is CC(C)NC(=O)c1ccc(Cl)c(N2C(=O)c3ccccc3C2=O)c1. The number of carbonyl (C=O) groups excluding carboxylic acids is 3. The standard InChI is InChI=1S/C18H15ClN2O3/c1-10(2)20-16(22)11-7-8-14(19)15(9-11)21-17(23)12-5-3-4-6-13(12)18(21)24/h3-10H,1-2H3,(H,20,22). The lowest BCUT2D eigenvalue weighted by Gasteiger charge is -2.17. The van der Waals surface area contributed by atoms with Crippen molar-refractivity contribution in [1.82, 2.24) is 5.32 Å².